The largest absolute Gasteiger partial charge is 0.370 e. The zero-order valence-corrected chi connectivity index (χ0v) is 8.28. The van der Waals surface area contributed by atoms with E-state index in [0.717, 1.165) is 25.7 Å². The molecule has 0 spiro atoms. The van der Waals surface area contributed by atoms with Gasteiger partial charge in [0.05, 0.1) is 0 Å². The van der Waals surface area contributed by atoms with Crippen LogP contribution in [0, 0.1) is 11.8 Å². The summed E-state index contributed by atoms with van der Waals surface area (Å²) in [5, 5.41) is 0. The topological polar surface area (TPSA) is 107 Å². The van der Waals surface area contributed by atoms with Gasteiger partial charge in [-0.15, -0.1) is 0 Å². The third kappa shape index (κ3) is 2.99. The van der Waals surface area contributed by atoms with Crippen molar-refractivity contribution in [2.45, 2.75) is 25.7 Å². The van der Waals surface area contributed by atoms with Crippen molar-refractivity contribution < 1.29 is 4.79 Å². The first-order valence-corrected chi connectivity index (χ1v) is 4.97. The number of nitrogens with zero attached hydrogens (tertiary/aromatic N) is 1. The Hall–Kier alpha value is -1.10. The molecular weight excluding hydrogens is 180 g/mol. The van der Waals surface area contributed by atoms with Crippen LogP contribution in [-0.4, -0.2) is 18.4 Å². The van der Waals surface area contributed by atoms with E-state index < -0.39 is 0 Å². The lowest BCUT2D eigenvalue weighted by Crippen LogP contribution is -2.29. The van der Waals surface area contributed by atoms with Crippen LogP contribution in [0.5, 0.6) is 0 Å². The lowest BCUT2D eigenvalue weighted by Gasteiger charge is -2.25. The van der Waals surface area contributed by atoms with E-state index in [1.54, 1.807) is 0 Å². The van der Waals surface area contributed by atoms with E-state index >= 15 is 0 Å². The van der Waals surface area contributed by atoms with Crippen LogP contribution in [-0.2, 0) is 4.79 Å². The summed E-state index contributed by atoms with van der Waals surface area (Å²) in [6.45, 7) is 0.712. The molecule has 80 valence electrons. The molecule has 5 nitrogen and oxygen atoms in total. The van der Waals surface area contributed by atoms with Crippen LogP contribution in [0.2, 0.25) is 0 Å². The summed E-state index contributed by atoms with van der Waals surface area (Å²) >= 11 is 0. The second-order valence-electron chi connectivity index (χ2n) is 3.83. The Balaban J connectivity index is 2.42. The highest BCUT2D eigenvalue weighted by atomic mass is 16.1. The summed E-state index contributed by atoms with van der Waals surface area (Å²) in [5.41, 5.74) is 15.8. The number of aliphatic imine (C=N–C) groups is 1. The first-order chi connectivity index (χ1) is 6.63. The maximum atomic E-state index is 11.4. The molecule has 1 saturated carbocycles. The van der Waals surface area contributed by atoms with Gasteiger partial charge < -0.3 is 17.2 Å². The predicted octanol–water partition coefficient (Wildman–Crippen LogP) is -0.448. The minimum absolute atomic E-state index is 0.0000926. The quantitative estimate of drug-likeness (QED) is 0.412. The van der Waals surface area contributed by atoms with Crippen LogP contribution in [0.15, 0.2) is 4.99 Å². The maximum absolute atomic E-state index is 11.4. The summed E-state index contributed by atoms with van der Waals surface area (Å²) in [7, 11) is 0. The molecule has 0 bridgehead atoms. The molecule has 0 atom stereocenters. The third-order valence-electron chi connectivity index (χ3n) is 2.77. The second kappa shape index (κ2) is 4.95. The minimum Gasteiger partial charge on any atom is -0.370 e. The van der Waals surface area contributed by atoms with Gasteiger partial charge in [-0.3, -0.25) is 4.79 Å². The molecule has 0 unspecified atom stereocenters. The Kier molecular flexibility index (Phi) is 3.88. The number of carbonyl (C=O) groups excluding carboxylic acids is 1. The summed E-state index contributed by atoms with van der Waals surface area (Å²) in [6, 6.07) is 0. The lowest BCUT2D eigenvalue weighted by molar-refractivity contribution is -0.122. The molecule has 1 fully saturated rings. The zero-order valence-electron chi connectivity index (χ0n) is 8.28. The molecule has 14 heavy (non-hydrogen) atoms. The van der Waals surface area contributed by atoms with Gasteiger partial charge in [0.25, 0.3) is 5.91 Å². The maximum Gasteiger partial charge on any atom is 0.251 e. The van der Waals surface area contributed by atoms with Crippen LogP contribution in [0.25, 0.3) is 0 Å². The standard InChI is InChI=1S/C9H18N4O/c10-5-6-1-3-7(4-2-6)8(14)13-9(11)12/h6-7H,1-5,10H2,(H4,11,12,13,14). The van der Waals surface area contributed by atoms with Crippen LogP contribution >= 0.6 is 0 Å². The van der Waals surface area contributed by atoms with Crippen molar-refractivity contribution in [1.82, 2.24) is 0 Å². The highest BCUT2D eigenvalue weighted by Crippen LogP contribution is 2.28. The molecule has 0 radical (unpaired) electrons. The van der Waals surface area contributed by atoms with Crippen molar-refractivity contribution in [3.05, 3.63) is 0 Å². The fourth-order valence-corrected chi connectivity index (χ4v) is 1.86. The van der Waals surface area contributed by atoms with Crippen molar-refractivity contribution in [2.75, 3.05) is 6.54 Å². The normalized spacial score (nSPS) is 26.9. The number of guanidine groups is 1. The molecule has 1 aliphatic carbocycles. The SMILES string of the molecule is NCC1CCC(C(=O)N=C(N)N)CC1. The Morgan fingerprint density at radius 1 is 1.21 bits per heavy atom. The predicted molar refractivity (Wildman–Crippen MR) is 55.3 cm³/mol. The highest BCUT2D eigenvalue weighted by molar-refractivity contribution is 5.92. The fraction of sp³-hybridized carbons (Fsp3) is 0.778. The lowest BCUT2D eigenvalue weighted by atomic mass is 9.82. The molecular formula is C9H18N4O. The van der Waals surface area contributed by atoms with Crippen LogP contribution in [0.1, 0.15) is 25.7 Å². The van der Waals surface area contributed by atoms with Gasteiger partial charge in [-0.05, 0) is 38.1 Å². The molecule has 0 aliphatic heterocycles. The fourth-order valence-electron chi connectivity index (χ4n) is 1.86. The van der Waals surface area contributed by atoms with Crippen molar-refractivity contribution in [3.8, 4) is 0 Å². The van der Waals surface area contributed by atoms with Gasteiger partial charge >= 0.3 is 0 Å². The highest BCUT2D eigenvalue weighted by Gasteiger charge is 2.25. The van der Waals surface area contributed by atoms with E-state index in [4.69, 9.17) is 17.2 Å². The summed E-state index contributed by atoms with van der Waals surface area (Å²) in [4.78, 5) is 15.0. The number of rotatable bonds is 2. The average molecular weight is 198 g/mol. The second-order valence-corrected chi connectivity index (χ2v) is 3.83. The monoisotopic (exact) mass is 198 g/mol. The van der Waals surface area contributed by atoms with E-state index in [9.17, 15) is 4.79 Å². The molecule has 0 aromatic carbocycles. The summed E-state index contributed by atoms with van der Waals surface area (Å²) < 4.78 is 0. The van der Waals surface area contributed by atoms with E-state index in [1.807, 2.05) is 0 Å². The summed E-state index contributed by atoms with van der Waals surface area (Å²) in [5.74, 6) is 0.245. The molecule has 1 aliphatic rings. The smallest absolute Gasteiger partial charge is 0.251 e. The van der Waals surface area contributed by atoms with Gasteiger partial charge in [0.2, 0.25) is 0 Å². The first kappa shape index (κ1) is 11.0. The molecule has 0 saturated heterocycles. The molecule has 1 amide bonds. The summed E-state index contributed by atoms with van der Waals surface area (Å²) in [6.07, 6.45) is 3.73. The van der Waals surface area contributed by atoms with Gasteiger partial charge in [0.15, 0.2) is 5.96 Å². The van der Waals surface area contributed by atoms with Gasteiger partial charge in [-0.2, -0.15) is 4.99 Å². The van der Waals surface area contributed by atoms with Gasteiger partial charge in [-0.1, -0.05) is 0 Å². The number of hydrogen-bond acceptors (Lipinski definition) is 2. The van der Waals surface area contributed by atoms with Crippen molar-refractivity contribution in [3.63, 3.8) is 0 Å². The zero-order chi connectivity index (χ0) is 10.6. The Morgan fingerprint density at radius 3 is 2.21 bits per heavy atom. The van der Waals surface area contributed by atoms with Gasteiger partial charge in [-0.25, -0.2) is 0 Å². The molecule has 0 aromatic heterocycles. The van der Waals surface area contributed by atoms with Crippen LogP contribution in [0.3, 0.4) is 0 Å². The molecule has 5 heteroatoms. The van der Waals surface area contributed by atoms with E-state index in [1.165, 1.54) is 0 Å². The van der Waals surface area contributed by atoms with E-state index in [2.05, 4.69) is 4.99 Å². The van der Waals surface area contributed by atoms with Crippen molar-refractivity contribution in [2.24, 2.45) is 34.0 Å². The number of nitrogens with two attached hydrogens (primary N) is 3. The Morgan fingerprint density at radius 2 is 1.79 bits per heavy atom. The number of hydrogen-bond donors (Lipinski definition) is 3. The molecule has 0 aromatic rings. The van der Waals surface area contributed by atoms with Gasteiger partial charge in [0.1, 0.15) is 0 Å². The number of amides is 1. The Bertz CT molecular complexity index is 227. The van der Waals surface area contributed by atoms with Crippen LogP contribution < -0.4 is 17.2 Å². The third-order valence-corrected chi connectivity index (χ3v) is 2.77. The molecule has 1 rings (SSSR count). The first-order valence-electron chi connectivity index (χ1n) is 4.97. The minimum atomic E-state index is -0.180. The molecule has 0 heterocycles. The van der Waals surface area contributed by atoms with E-state index in [-0.39, 0.29) is 17.8 Å². The van der Waals surface area contributed by atoms with Crippen LogP contribution in [0.4, 0.5) is 0 Å². The van der Waals surface area contributed by atoms with Gasteiger partial charge in [0, 0.05) is 5.92 Å². The van der Waals surface area contributed by atoms with E-state index in [0.29, 0.717) is 12.5 Å². The van der Waals surface area contributed by atoms with Crippen molar-refractivity contribution in [1.29, 1.82) is 0 Å². The number of carbonyl (C=O) groups is 1. The average Bonchev–Trinajstić information content (AvgIpc) is 2.17. The molecule has 6 N–H and O–H groups in total. The van der Waals surface area contributed by atoms with Crippen molar-refractivity contribution >= 4 is 11.9 Å². The Labute approximate surface area is 83.7 Å².